The molecule has 8 heteroatoms. The summed E-state index contributed by atoms with van der Waals surface area (Å²) in [5.74, 6) is 0. The fraction of sp³-hybridized carbons (Fsp3) is 0. The summed E-state index contributed by atoms with van der Waals surface area (Å²) in [6.45, 7) is 0. The van der Waals surface area contributed by atoms with E-state index >= 15 is 0 Å². The Morgan fingerprint density at radius 1 is 0.889 bits per heavy atom. The number of benzene rings is 2. The maximum absolute atomic E-state index is 5.30. The van der Waals surface area contributed by atoms with Crippen LogP contribution in [0.2, 0.25) is 0 Å². The van der Waals surface area contributed by atoms with Crippen molar-refractivity contribution >= 4 is 48.9 Å². The molecular weight excluding hydrogens is 451 g/mol. The van der Waals surface area contributed by atoms with Crippen LogP contribution in [0.25, 0.3) is 0 Å². The first-order valence-electron chi connectivity index (χ1n) is 7.72. The molecule has 0 aliphatic rings. The number of hydrazone groups is 1. The van der Waals surface area contributed by atoms with Gasteiger partial charge in [-0.2, -0.15) is 5.10 Å². The summed E-state index contributed by atoms with van der Waals surface area (Å²) >= 11 is 6.06. The number of nitrogens with one attached hydrogen (secondary N) is 2. The van der Waals surface area contributed by atoms with Crippen LogP contribution in [-0.4, -0.2) is 15.8 Å². The third kappa shape index (κ3) is 7.67. The topological polar surface area (TPSA) is 49.3 Å². The van der Waals surface area contributed by atoms with E-state index in [0.29, 0.717) is 5.11 Å². The van der Waals surface area contributed by atoms with Crippen molar-refractivity contribution in [2.24, 2.45) is 5.10 Å². The third-order valence-corrected chi connectivity index (χ3v) is 3.45. The van der Waals surface area contributed by atoms with Gasteiger partial charge in [0.2, 0.25) is 0 Å². The van der Waals surface area contributed by atoms with Gasteiger partial charge in [-0.3, -0.25) is 10.4 Å². The predicted molar refractivity (Wildman–Crippen MR) is 114 cm³/mol. The van der Waals surface area contributed by atoms with Crippen molar-refractivity contribution in [3.8, 4) is 0 Å². The maximum atomic E-state index is 5.30. The minimum atomic E-state index is 0.422. The number of thiocarbonyl (C=S) groups is 1. The second-order valence-electron chi connectivity index (χ2n) is 5.02. The number of anilines is 1. The summed E-state index contributed by atoms with van der Waals surface area (Å²) in [7, 11) is 9.34. The van der Waals surface area contributed by atoms with E-state index in [1.807, 2.05) is 78.9 Å². The van der Waals surface area contributed by atoms with Gasteiger partial charge in [-0.15, -0.1) is 0 Å². The Bertz CT molecular complexity index is 808. The van der Waals surface area contributed by atoms with Gasteiger partial charge in [-0.25, -0.2) is 0 Å². The third-order valence-electron chi connectivity index (χ3n) is 3.26. The molecule has 0 radical (unpaired) electrons. The Labute approximate surface area is 178 Å². The summed E-state index contributed by atoms with van der Waals surface area (Å²) in [4.78, 5) is 4.38. The number of halogens is 2. The van der Waals surface area contributed by atoms with Crippen molar-refractivity contribution in [3.63, 3.8) is 0 Å². The van der Waals surface area contributed by atoms with E-state index in [1.54, 1.807) is 6.20 Å². The van der Waals surface area contributed by atoms with Crippen molar-refractivity contribution in [2.75, 3.05) is 5.32 Å². The predicted octanol–water partition coefficient (Wildman–Crippen LogP) is 5.20. The summed E-state index contributed by atoms with van der Waals surface area (Å²) in [6, 6.07) is 25.3. The Kier molecular flexibility index (Phi) is 9.84. The molecule has 4 nitrogen and oxygen atoms in total. The van der Waals surface area contributed by atoms with E-state index in [4.69, 9.17) is 12.2 Å². The average Bonchev–Trinajstić information content (AvgIpc) is 2.71. The number of hydrogen-bond donors (Lipinski definition) is 2. The fourth-order valence-electron chi connectivity index (χ4n) is 2.16. The number of pyridine rings is 1. The van der Waals surface area contributed by atoms with Crippen LogP contribution in [0.15, 0.2) is 90.2 Å². The van der Waals surface area contributed by atoms with Gasteiger partial charge < -0.3 is 5.32 Å². The number of rotatable bonds is 4. The van der Waals surface area contributed by atoms with E-state index < -0.39 is 0 Å². The molecule has 0 spiro atoms. The Balaban J connectivity index is 0.000000817. The Morgan fingerprint density at radius 3 is 2.07 bits per heavy atom. The van der Waals surface area contributed by atoms with Gasteiger partial charge in [-0.05, 0) is 36.5 Å². The standard InChI is InChI=1S/C19H16N4S.2ClH.Cu/c24-19(21-16-11-5-2-6-12-16)23-22-18(15-9-3-1-4-10-15)17-13-7-8-14-20-17;;;/h1-14H,(H2,21,23,24);2*1H;/q;;;+2/p-2. The SMILES string of the molecule is S=C(NN=C(c1ccccc1)c1ccccn1)Nc1ccccc1.[Cl][Cu][Cl]. The van der Waals surface area contributed by atoms with Gasteiger partial charge in [0.05, 0.1) is 5.69 Å². The van der Waals surface area contributed by atoms with Crippen LogP contribution in [0, 0.1) is 0 Å². The van der Waals surface area contributed by atoms with E-state index in [-0.39, 0.29) is 0 Å². The van der Waals surface area contributed by atoms with Gasteiger partial charge in [0.15, 0.2) is 5.11 Å². The zero-order chi connectivity index (χ0) is 19.3. The normalized spacial score (nSPS) is 10.5. The summed E-state index contributed by atoms with van der Waals surface area (Å²) in [6.07, 6.45) is 1.74. The molecule has 2 aromatic carbocycles. The van der Waals surface area contributed by atoms with Crippen LogP contribution in [0.3, 0.4) is 0 Å². The molecule has 1 heterocycles. The first-order chi connectivity index (χ1) is 13.2. The molecule has 0 atom stereocenters. The first-order valence-corrected chi connectivity index (χ1v) is 10.7. The minimum absolute atomic E-state index is 0.422. The monoisotopic (exact) mass is 465 g/mol. The molecule has 0 amide bonds. The molecule has 1 aromatic heterocycles. The molecule has 0 bridgehead atoms. The van der Waals surface area contributed by atoms with Gasteiger partial charge in [0.25, 0.3) is 0 Å². The summed E-state index contributed by atoms with van der Waals surface area (Å²) in [5.41, 5.74) is 6.27. The molecule has 3 aromatic rings. The molecule has 0 unspecified atom stereocenters. The van der Waals surface area contributed by atoms with Crippen molar-refractivity contribution in [1.29, 1.82) is 0 Å². The molecule has 27 heavy (non-hydrogen) atoms. The number of hydrogen-bond acceptors (Lipinski definition) is 3. The molecule has 0 aliphatic heterocycles. The van der Waals surface area contributed by atoms with E-state index in [1.165, 1.54) is 0 Å². The van der Waals surface area contributed by atoms with Crippen molar-refractivity contribution in [1.82, 2.24) is 10.4 Å². The fourth-order valence-corrected chi connectivity index (χ4v) is 2.32. The number of para-hydroxylation sites is 1. The Hall–Kier alpha value is -1.95. The van der Waals surface area contributed by atoms with Crippen LogP contribution in [0.1, 0.15) is 11.3 Å². The zero-order valence-corrected chi connectivity index (χ0v) is 17.2. The zero-order valence-electron chi connectivity index (χ0n) is 13.9. The van der Waals surface area contributed by atoms with Crippen LogP contribution in [0.4, 0.5) is 5.69 Å². The summed E-state index contributed by atoms with van der Waals surface area (Å²) in [5, 5.41) is 7.98. The molecule has 143 valence electrons. The van der Waals surface area contributed by atoms with Gasteiger partial charge in [0.1, 0.15) is 5.71 Å². The average molecular weight is 467 g/mol. The Morgan fingerprint density at radius 2 is 1.48 bits per heavy atom. The summed E-state index contributed by atoms with van der Waals surface area (Å²) < 4.78 is 0. The quantitative estimate of drug-likeness (QED) is 0.240. The number of aromatic nitrogens is 1. The van der Waals surface area contributed by atoms with Crippen LogP contribution in [-0.2, 0) is 13.1 Å². The van der Waals surface area contributed by atoms with Crippen LogP contribution in [0.5, 0.6) is 0 Å². The van der Waals surface area contributed by atoms with E-state index in [0.717, 1.165) is 35.8 Å². The second kappa shape index (κ2) is 12.4. The van der Waals surface area contributed by atoms with Crippen molar-refractivity contribution < 1.29 is 13.1 Å². The molecule has 0 saturated carbocycles. The van der Waals surface area contributed by atoms with Crippen LogP contribution >= 0.6 is 32.4 Å². The molecular formula is C19H16Cl2CuN4S. The molecule has 0 aliphatic carbocycles. The van der Waals surface area contributed by atoms with Crippen LogP contribution < -0.4 is 10.7 Å². The molecule has 0 saturated heterocycles. The molecule has 2 N–H and O–H groups in total. The molecule has 3 rings (SSSR count). The first kappa shape index (κ1) is 21.4. The van der Waals surface area contributed by atoms with Gasteiger partial charge in [0, 0.05) is 17.4 Å². The van der Waals surface area contributed by atoms with Gasteiger partial charge >= 0.3 is 33.3 Å². The van der Waals surface area contributed by atoms with E-state index in [2.05, 4.69) is 41.0 Å². The second-order valence-corrected chi connectivity index (χ2v) is 6.98. The number of nitrogens with zero attached hydrogens (tertiary/aromatic N) is 2. The molecule has 0 fully saturated rings. The van der Waals surface area contributed by atoms with Gasteiger partial charge in [-0.1, -0.05) is 54.6 Å². The van der Waals surface area contributed by atoms with Crippen molar-refractivity contribution in [2.45, 2.75) is 0 Å². The van der Waals surface area contributed by atoms with Crippen molar-refractivity contribution in [3.05, 3.63) is 96.3 Å². The van der Waals surface area contributed by atoms with E-state index in [9.17, 15) is 0 Å².